The van der Waals surface area contributed by atoms with E-state index in [1.807, 2.05) is 12.1 Å². The molecule has 1 heterocycles. The Morgan fingerprint density at radius 2 is 1.94 bits per heavy atom. The first kappa shape index (κ1) is 11.3. The van der Waals surface area contributed by atoms with Crippen LogP contribution in [-0.4, -0.2) is 4.57 Å². The number of halogens is 2. The van der Waals surface area contributed by atoms with Crippen molar-refractivity contribution in [3.8, 4) is 0 Å². The van der Waals surface area contributed by atoms with Gasteiger partial charge in [0.25, 0.3) is 0 Å². The topological polar surface area (TPSA) is 4.93 Å². The van der Waals surface area contributed by atoms with Gasteiger partial charge in [-0.1, -0.05) is 28.8 Å². The highest BCUT2D eigenvalue weighted by molar-refractivity contribution is 9.10. The molecule has 1 aromatic carbocycles. The largest absolute Gasteiger partial charge is 0.342 e. The van der Waals surface area contributed by atoms with Gasteiger partial charge in [0, 0.05) is 21.6 Å². The molecule has 0 spiro atoms. The van der Waals surface area contributed by atoms with E-state index in [0.717, 1.165) is 15.4 Å². The van der Waals surface area contributed by atoms with Crippen LogP contribution in [0, 0.1) is 12.7 Å². The summed E-state index contributed by atoms with van der Waals surface area (Å²) in [6.45, 7) is 2.08. The average Bonchev–Trinajstić information content (AvgIpc) is 2.84. The Morgan fingerprint density at radius 1 is 1.24 bits per heavy atom. The van der Waals surface area contributed by atoms with E-state index < -0.39 is 0 Å². The number of nitrogens with zero attached hydrogens (tertiary/aromatic N) is 1. The SMILES string of the molecule is Cc1cc2c(F)cc(Br)cc2n1C1CCCC1. The molecule has 1 aliphatic carbocycles. The normalized spacial score (nSPS) is 17.1. The van der Waals surface area contributed by atoms with E-state index in [1.165, 1.54) is 31.4 Å². The van der Waals surface area contributed by atoms with E-state index in [-0.39, 0.29) is 5.82 Å². The van der Waals surface area contributed by atoms with E-state index in [1.54, 1.807) is 6.07 Å². The third kappa shape index (κ3) is 1.81. The van der Waals surface area contributed by atoms with Crippen molar-refractivity contribution in [1.29, 1.82) is 0 Å². The Hall–Kier alpha value is -0.830. The van der Waals surface area contributed by atoms with Crippen LogP contribution in [0.4, 0.5) is 4.39 Å². The first-order chi connectivity index (χ1) is 8.16. The molecule has 1 aliphatic rings. The van der Waals surface area contributed by atoms with Crippen LogP contribution < -0.4 is 0 Å². The first-order valence-electron chi connectivity index (χ1n) is 6.13. The second-order valence-corrected chi connectivity index (χ2v) is 5.83. The molecule has 3 heteroatoms. The Morgan fingerprint density at radius 3 is 2.65 bits per heavy atom. The lowest BCUT2D eigenvalue weighted by atomic mass is 10.2. The summed E-state index contributed by atoms with van der Waals surface area (Å²) < 4.78 is 17.0. The quantitative estimate of drug-likeness (QED) is 0.700. The van der Waals surface area contributed by atoms with Crippen LogP contribution >= 0.6 is 15.9 Å². The molecule has 3 rings (SSSR count). The Balaban J connectivity index is 2.25. The molecule has 90 valence electrons. The molecular weight excluding hydrogens is 281 g/mol. The number of hydrogen-bond donors (Lipinski definition) is 0. The molecule has 1 fully saturated rings. The maximum atomic E-state index is 13.9. The van der Waals surface area contributed by atoms with Crippen LogP contribution in [0.2, 0.25) is 0 Å². The minimum absolute atomic E-state index is 0.130. The fourth-order valence-electron chi connectivity index (χ4n) is 3.03. The smallest absolute Gasteiger partial charge is 0.133 e. The highest BCUT2D eigenvalue weighted by atomic mass is 79.9. The second-order valence-electron chi connectivity index (χ2n) is 4.91. The maximum Gasteiger partial charge on any atom is 0.133 e. The zero-order valence-electron chi connectivity index (χ0n) is 9.84. The second kappa shape index (κ2) is 4.13. The third-order valence-corrected chi connectivity index (χ3v) is 4.21. The summed E-state index contributed by atoms with van der Waals surface area (Å²) in [5, 5.41) is 0.748. The van der Waals surface area contributed by atoms with Gasteiger partial charge in [-0.05, 0) is 38.0 Å². The van der Waals surface area contributed by atoms with Gasteiger partial charge >= 0.3 is 0 Å². The van der Waals surface area contributed by atoms with Crippen molar-refractivity contribution in [3.63, 3.8) is 0 Å². The zero-order valence-corrected chi connectivity index (χ0v) is 11.4. The molecule has 17 heavy (non-hydrogen) atoms. The standard InChI is InChI=1S/C14H15BrFN/c1-9-6-12-13(16)7-10(15)8-14(12)17(9)11-4-2-3-5-11/h6-8,11H,2-5H2,1H3. The fraction of sp³-hybridized carbons (Fsp3) is 0.429. The summed E-state index contributed by atoms with van der Waals surface area (Å²) in [7, 11) is 0. The average molecular weight is 296 g/mol. The molecule has 0 aliphatic heterocycles. The molecular formula is C14H15BrFN. The van der Waals surface area contributed by atoms with Crippen LogP contribution in [0.25, 0.3) is 10.9 Å². The van der Waals surface area contributed by atoms with Crippen LogP contribution in [-0.2, 0) is 0 Å². The molecule has 0 N–H and O–H groups in total. The van der Waals surface area contributed by atoms with Gasteiger partial charge in [-0.2, -0.15) is 0 Å². The van der Waals surface area contributed by atoms with E-state index in [0.29, 0.717) is 6.04 Å². The first-order valence-corrected chi connectivity index (χ1v) is 6.92. The van der Waals surface area contributed by atoms with E-state index in [4.69, 9.17) is 0 Å². The molecule has 1 aromatic heterocycles. The lowest BCUT2D eigenvalue weighted by Gasteiger charge is -2.16. The zero-order chi connectivity index (χ0) is 12.0. The molecule has 0 unspecified atom stereocenters. The van der Waals surface area contributed by atoms with Gasteiger partial charge in [0.2, 0.25) is 0 Å². The summed E-state index contributed by atoms with van der Waals surface area (Å²) in [6.07, 6.45) is 5.03. The summed E-state index contributed by atoms with van der Waals surface area (Å²) >= 11 is 3.38. The van der Waals surface area contributed by atoms with Gasteiger partial charge in [0.05, 0.1) is 5.52 Å². The third-order valence-electron chi connectivity index (χ3n) is 3.76. The summed E-state index contributed by atoms with van der Waals surface area (Å²) in [5.41, 5.74) is 2.20. The number of hydrogen-bond acceptors (Lipinski definition) is 0. The number of fused-ring (bicyclic) bond motifs is 1. The summed E-state index contributed by atoms with van der Waals surface area (Å²) in [4.78, 5) is 0. The number of aromatic nitrogens is 1. The van der Waals surface area contributed by atoms with Crippen LogP contribution in [0.1, 0.15) is 37.4 Å². The van der Waals surface area contributed by atoms with E-state index in [2.05, 4.69) is 27.4 Å². The van der Waals surface area contributed by atoms with Gasteiger partial charge in [-0.3, -0.25) is 0 Å². The maximum absolute atomic E-state index is 13.9. The minimum atomic E-state index is -0.130. The van der Waals surface area contributed by atoms with Crippen molar-refractivity contribution in [1.82, 2.24) is 4.57 Å². The van der Waals surface area contributed by atoms with Crippen LogP contribution in [0.15, 0.2) is 22.7 Å². The number of aryl methyl sites for hydroxylation is 1. The minimum Gasteiger partial charge on any atom is -0.342 e. The van der Waals surface area contributed by atoms with Crippen molar-refractivity contribution in [2.24, 2.45) is 0 Å². The predicted octanol–water partition coefficient (Wildman–Crippen LogP) is 4.97. The highest BCUT2D eigenvalue weighted by Gasteiger charge is 2.21. The van der Waals surface area contributed by atoms with Crippen molar-refractivity contribution in [3.05, 3.63) is 34.2 Å². The number of rotatable bonds is 1. The van der Waals surface area contributed by atoms with Gasteiger partial charge < -0.3 is 4.57 Å². The highest BCUT2D eigenvalue weighted by Crippen LogP contribution is 2.36. The fourth-order valence-corrected chi connectivity index (χ4v) is 3.45. The molecule has 0 atom stereocenters. The molecule has 0 saturated heterocycles. The molecule has 0 bridgehead atoms. The van der Waals surface area contributed by atoms with Crippen molar-refractivity contribution < 1.29 is 4.39 Å². The predicted molar refractivity (Wildman–Crippen MR) is 71.8 cm³/mol. The van der Waals surface area contributed by atoms with Crippen molar-refractivity contribution in [2.45, 2.75) is 38.6 Å². The van der Waals surface area contributed by atoms with Gasteiger partial charge in [-0.15, -0.1) is 0 Å². The van der Waals surface area contributed by atoms with E-state index >= 15 is 0 Å². The van der Waals surface area contributed by atoms with Crippen LogP contribution in [0.5, 0.6) is 0 Å². The Labute approximate surface area is 109 Å². The molecule has 0 amide bonds. The van der Waals surface area contributed by atoms with Crippen molar-refractivity contribution in [2.75, 3.05) is 0 Å². The summed E-state index contributed by atoms with van der Waals surface area (Å²) in [5.74, 6) is -0.130. The van der Waals surface area contributed by atoms with Crippen LogP contribution in [0.3, 0.4) is 0 Å². The Bertz CT molecular complexity index is 567. The Kier molecular flexibility index (Phi) is 2.74. The van der Waals surface area contributed by atoms with Crippen molar-refractivity contribution >= 4 is 26.8 Å². The lowest BCUT2D eigenvalue weighted by molar-refractivity contribution is 0.525. The van der Waals surface area contributed by atoms with Gasteiger partial charge in [0.15, 0.2) is 0 Å². The molecule has 0 radical (unpaired) electrons. The molecule has 1 saturated carbocycles. The monoisotopic (exact) mass is 295 g/mol. The molecule has 1 nitrogen and oxygen atoms in total. The van der Waals surface area contributed by atoms with Gasteiger partial charge in [0.1, 0.15) is 5.82 Å². The number of benzene rings is 1. The van der Waals surface area contributed by atoms with E-state index in [9.17, 15) is 4.39 Å². The van der Waals surface area contributed by atoms with Gasteiger partial charge in [-0.25, -0.2) is 4.39 Å². The summed E-state index contributed by atoms with van der Waals surface area (Å²) in [6, 6.07) is 6.10. The lowest BCUT2D eigenvalue weighted by Crippen LogP contribution is -2.05. The molecule has 2 aromatic rings.